The molecule has 0 bridgehead atoms. The number of aryl methyl sites for hydroxylation is 1. The molecule has 4 N–H and O–H groups in total. The first-order valence-electron chi connectivity index (χ1n) is 11.6. The van der Waals surface area contributed by atoms with Crippen molar-refractivity contribution in [3.8, 4) is 0 Å². The summed E-state index contributed by atoms with van der Waals surface area (Å²) in [5.41, 5.74) is 6.19. The Morgan fingerprint density at radius 1 is 0.971 bits per heavy atom. The number of hydrogen-bond donors (Lipinski definition) is 4. The topological polar surface area (TPSA) is 86.0 Å². The van der Waals surface area contributed by atoms with Crippen LogP contribution in [0, 0.1) is 6.92 Å². The smallest absolute Gasteiger partial charge is 0.247 e. The minimum atomic E-state index is -0.716. The number of nitrogens with one attached hydrogen (secondary N) is 4. The molecule has 1 aromatic heterocycles. The second-order valence-electron chi connectivity index (χ2n) is 8.89. The van der Waals surface area contributed by atoms with Crippen molar-refractivity contribution in [2.24, 2.45) is 0 Å². The lowest BCUT2D eigenvalue weighted by atomic mass is 9.95. The third-order valence-electron chi connectivity index (χ3n) is 6.45. The fourth-order valence-electron chi connectivity index (χ4n) is 4.51. The average Bonchev–Trinajstić information content (AvgIpc) is 3.27. The number of H-pyrrole nitrogens is 1. The van der Waals surface area contributed by atoms with Gasteiger partial charge < -0.3 is 20.9 Å². The number of aromatic nitrogens is 1. The molecular weight excluding hydrogens is 424 g/mol. The summed E-state index contributed by atoms with van der Waals surface area (Å²) in [5.74, 6) is -0.405. The van der Waals surface area contributed by atoms with E-state index in [9.17, 15) is 9.59 Å². The molecule has 2 heterocycles. The van der Waals surface area contributed by atoms with Gasteiger partial charge in [-0.3, -0.25) is 9.59 Å². The number of rotatable bonds is 6. The van der Waals surface area contributed by atoms with Crippen molar-refractivity contribution in [1.29, 1.82) is 0 Å². The lowest BCUT2D eigenvalue weighted by Crippen LogP contribution is -2.53. The van der Waals surface area contributed by atoms with Gasteiger partial charge in [-0.2, -0.15) is 0 Å². The molecule has 1 aliphatic rings. The van der Waals surface area contributed by atoms with Gasteiger partial charge in [0.05, 0.1) is 6.04 Å². The number of fused-ring (bicyclic) bond motifs is 2. The Kier molecular flexibility index (Phi) is 6.14. The lowest BCUT2D eigenvalue weighted by molar-refractivity contribution is -0.128. The maximum atomic E-state index is 13.3. The molecule has 0 spiro atoms. The molecule has 4 aromatic rings. The first-order valence-corrected chi connectivity index (χ1v) is 11.6. The van der Waals surface area contributed by atoms with E-state index in [4.69, 9.17) is 0 Å². The number of benzene rings is 3. The van der Waals surface area contributed by atoms with E-state index in [0.717, 1.165) is 22.0 Å². The average molecular weight is 453 g/mol. The van der Waals surface area contributed by atoms with Crippen LogP contribution in [-0.2, 0) is 29.0 Å². The molecule has 172 valence electrons. The molecule has 0 radical (unpaired) electrons. The summed E-state index contributed by atoms with van der Waals surface area (Å²) in [6.45, 7) is 2.64. The minimum absolute atomic E-state index is 0.168. The standard InChI is InChI=1S/C28H28N4O2/c1-18-10-12-22(13-11-18)31-28(34)26(15-21-17-29-24-9-5-4-8-23(21)24)32-27(33)25-14-19-6-2-3-7-20(19)16-30-25/h2-13,17,25-26,29-30H,14-16H2,1H3,(H,31,34)(H,32,33)/t25-,26-/m0/s1. The molecule has 5 rings (SSSR count). The molecule has 0 saturated heterocycles. The Hall–Kier alpha value is -3.90. The Balaban J connectivity index is 1.36. The predicted molar refractivity (Wildman–Crippen MR) is 135 cm³/mol. The summed E-state index contributed by atoms with van der Waals surface area (Å²) in [7, 11) is 0. The van der Waals surface area contributed by atoms with Gasteiger partial charge in [-0.25, -0.2) is 0 Å². The normalized spacial score (nSPS) is 16.0. The van der Waals surface area contributed by atoms with Crippen molar-refractivity contribution >= 4 is 28.4 Å². The van der Waals surface area contributed by atoms with Crippen LogP contribution in [0.3, 0.4) is 0 Å². The van der Waals surface area contributed by atoms with E-state index in [-0.39, 0.29) is 17.9 Å². The number of carbonyl (C=O) groups is 2. The van der Waals surface area contributed by atoms with Crippen LogP contribution >= 0.6 is 0 Å². The van der Waals surface area contributed by atoms with Gasteiger partial charge in [-0.05, 0) is 48.2 Å². The van der Waals surface area contributed by atoms with Gasteiger partial charge in [-0.1, -0.05) is 60.2 Å². The zero-order chi connectivity index (χ0) is 23.5. The molecule has 1 aliphatic heterocycles. The van der Waals surface area contributed by atoms with E-state index in [1.807, 2.05) is 73.8 Å². The van der Waals surface area contributed by atoms with Crippen LogP contribution < -0.4 is 16.0 Å². The lowest BCUT2D eigenvalue weighted by Gasteiger charge is -2.27. The summed E-state index contributed by atoms with van der Waals surface area (Å²) in [4.78, 5) is 29.8. The van der Waals surface area contributed by atoms with E-state index < -0.39 is 6.04 Å². The van der Waals surface area contributed by atoms with Gasteiger partial charge in [0.1, 0.15) is 6.04 Å². The van der Waals surface area contributed by atoms with Crippen LogP contribution in [0.4, 0.5) is 5.69 Å². The Labute approximate surface area is 198 Å². The van der Waals surface area contributed by atoms with Crippen LogP contribution in [0.1, 0.15) is 22.3 Å². The molecular formula is C28H28N4O2. The number of carbonyl (C=O) groups excluding carboxylic acids is 2. The minimum Gasteiger partial charge on any atom is -0.361 e. The Morgan fingerprint density at radius 3 is 2.53 bits per heavy atom. The molecule has 0 fully saturated rings. The van der Waals surface area contributed by atoms with E-state index in [0.29, 0.717) is 25.1 Å². The van der Waals surface area contributed by atoms with Crippen molar-refractivity contribution in [1.82, 2.24) is 15.6 Å². The molecule has 34 heavy (non-hydrogen) atoms. The van der Waals surface area contributed by atoms with Crippen molar-refractivity contribution in [2.75, 3.05) is 5.32 Å². The van der Waals surface area contributed by atoms with E-state index in [2.05, 4.69) is 33.1 Å². The Morgan fingerprint density at radius 2 is 1.71 bits per heavy atom. The van der Waals surface area contributed by atoms with Gasteiger partial charge in [0.15, 0.2) is 0 Å². The van der Waals surface area contributed by atoms with Crippen molar-refractivity contribution in [3.05, 3.63) is 101 Å². The second-order valence-corrected chi connectivity index (χ2v) is 8.89. The fourth-order valence-corrected chi connectivity index (χ4v) is 4.51. The zero-order valence-electron chi connectivity index (χ0n) is 19.1. The van der Waals surface area contributed by atoms with Crippen LogP contribution in [0.15, 0.2) is 79.0 Å². The SMILES string of the molecule is Cc1ccc(NC(=O)[C@H](Cc2c[nH]c3ccccc23)NC(=O)[C@@H]2Cc3ccccc3CN2)cc1. The zero-order valence-corrected chi connectivity index (χ0v) is 19.1. The second kappa shape index (κ2) is 9.53. The van der Waals surface area contributed by atoms with Crippen LogP contribution in [0.2, 0.25) is 0 Å². The third-order valence-corrected chi connectivity index (χ3v) is 6.45. The molecule has 0 unspecified atom stereocenters. The third kappa shape index (κ3) is 4.72. The van der Waals surface area contributed by atoms with Gasteiger partial charge in [0, 0.05) is 35.8 Å². The number of amides is 2. The molecule has 0 saturated carbocycles. The molecule has 0 aliphatic carbocycles. The Bertz CT molecular complexity index is 1330. The maximum Gasteiger partial charge on any atom is 0.247 e. The first-order chi connectivity index (χ1) is 16.6. The number of para-hydroxylation sites is 1. The summed E-state index contributed by atoms with van der Waals surface area (Å²) < 4.78 is 0. The summed E-state index contributed by atoms with van der Waals surface area (Å²) in [6.07, 6.45) is 2.90. The number of aromatic amines is 1. The monoisotopic (exact) mass is 452 g/mol. The van der Waals surface area contributed by atoms with Crippen LogP contribution in [-0.4, -0.2) is 28.9 Å². The predicted octanol–water partition coefficient (Wildman–Crippen LogP) is 3.86. The van der Waals surface area contributed by atoms with E-state index in [1.165, 1.54) is 11.1 Å². The van der Waals surface area contributed by atoms with Gasteiger partial charge in [-0.15, -0.1) is 0 Å². The summed E-state index contributed by atoms with van der Waals surface area (Å²) in [5, 5.41) is 10.4. The highest BCUT2D eigenvalue weighted by Gasteiger charge is 2.29. The molecule has 6 nitrogen and oxygen atoms in total. The van der Waals surface area contributed by atoms with Crippen molar-refractivity contribution in [3.63, 3.8) is 0 Å². The van der Waals surface area contributed by atoms with Crippen molar-refractivity contribution in [2.45, 2.75) is 38.4 Å². The summed E-state index contributed by atoms with van der Waals surface area (Å²) >= 11 is 0. The molecule has 3 aromatic carbocycles. The molecule has 2 amide bonds. The fraction of sp³-hybridized carbons (Fsp3) is 0.214. The highest BCUT2D eigenvalue weighted by Crippen LogP contribution is 2.21. The van der Waals surface area contributed by atoms with Crippen LogP contribution in [0.25, 0.3) is 10.9 Å². The summed E-state index contributed by atoms with van der Waals surface area (Å²) in [6, 6.07) is 22.7. The van der Waals surface area contributed by atoms with Crippen LogP contribution in [0.5, 0.6) is 0 Å². The van der Waals surface area contributed by atoms with E-state index in [1.54, 1.807) is 0 Å². The van der Waals surface area contributed by atoms with Gasteiger partial charge in [0.25, 0.3) is 0 Å². The highest BCUT2D eigenvalue weighted by molar-refractivity contribution is 5.98. The van der Waals surface area contributed by atoms with E-state index >= 15 is 0 Å². The molecule has 2 atom stereocenters. The van der Waals surface area contributed by atoms with Gasteiger partial charge in [0.2, 0.25) is 11.8 Å². The first kappa shape index (κ1) is 21.9. The van der Waals surface area contributed by atoms with Crippen molar-refractivity contribution < 1.29 is 9.59 Å². The highest BCUT2D eigenvalue weighted by atomic mass is 16.2. The van der Waals surface area contributed by atoms with Gasteiger partial charge >= 0.3 is 0 Å². The number of hydrogen-bond acceptors (Lipinski definition) is 3. The number of anilines is 1. The molecule has 6 heteroatoms. The largest absolute Gasteiger partial charge is 0.361 e. The maximum absolute atomic E-state index is 13.3. The quantitative estimate of drug-likeness (QED) is 0.358.